The summed E-state index contributed by atoms with van der Waals surface area (Å²) in [6.07, 6.45) is 5.76. The number of carbonyl (C=O) groups is 2. The zero-order chi connectivity index (χ0) is 17.4. The average Bonchev–Trinajstić information content (AvgIpc) is 2.60. The van der Waals surface area contributed by atoms with Crippen molar-refractivity contribution >= 4 is 17.5 Å². The third-order valence-corrected chi connectivity index (χ3v) is 4.25. The summed E-state index contributed by atoms with van der Waals surface area (Å²) >= 11 is 0. The highest BCUT2D eigenvalue weighted by molar-refractivity contribution is 5.97. The summed E-state index contributed by atoms with van der Waals surface area (Å²) in [7, 11) is 1.80. The van der Waals surface area contributed by atoms with Crippen LogP contribution >= 0.6 is 0 Å². The Morgan fingerprint density at radius 2 is 2.17 bits per heavy atom. The molecule has 1 fully saturated rings. The number of ether oxygens (including phenoxy) is 1. The van der Waals surface area contributed by atoms with Crippen molar-refractivity contribution in [1.82, 2.24) is 4.90 Å². The summed E-state index contributed by atoms with van der Waals surface area (Å²) in [5, 5.41) is 2.86. The maximum atomic E-state index is 12.6. The first-order valence-corrected chi connectivity index (χ1v) is 8.87. The average molecular weight is 332 g/mol. The smallest absolute Gasteiger partial charge is 0.253 e. The third-order valence-electron chi connectivity index (χ3n) is 4.25. The molecule has 0 radical (unpaired) electrons. The lowest BCUT2D eigenvalue weighted by Crippen LogP contribution is -2.37. The Bertz CT molecular complexity index is 553. The van der Waals surface area contributed by atoms with Gasteiger partial charge in [-0.2, -0.15) is 0 Å². The molecule has 1 aliphatic heterocycles. The van der Waals surface area contributed by atoms with Gasteiger partial charge < -0.3 is 15.0 Å². The van der Waals surface area contributed by atoms with Crippen molar-refractivity contribution in [3.63, 3.8) is 0 Å². The fraction of sp³-hybridized carbons (Fsp3) is 0.579. The topological polar surface area (TPSA) is 58.6 Å². The van der Waals surface area contributed by atoms with Gasteiger partial charge in [0.25, 0.3) is 5.91 Å². The van der Waals surface area contributed by atoms with Crippen LogP contribution in [0.1, 0.15) is 55.8 Å². The molecule has 1 aromatic rings. The fourth-order valence-corrected chi connectivity index (χ4v) is 2.85. The lowest BCUT2D eigenvalue weighted by molar-refractivity contribution is -0.116. The van der Waals surface area contributed by atoms with Crippen LogP contribution in [0.25, 0.3) is 0 Å². The molecule has 5 nitrogen and oxygen atoms in total. The van der Waals surface area contributed by atoms with Gasteiger partial charge in [-0.1, -0.05) is 19.4 Å². The van der Waals surface area contributed by atoms with Crippen molar-refractivity contribution < 1.29 is 14.3 Å². The van der Waals surface area contributed by atoms with Crippen LogP contribution in [0.2, 0.25) is 0 Å². The Morgan fingerprint density at radius 3 is 2.88 bits per heavy atom. The minimum absolute atomic E-state index is 0.00888. The maximum absolute atomic E-state index is 12.6. The second-order valence-electron chi connectivity index (χ2n) is 6.41. The van der Waals surface area contributed by atoms with E-state index in [0.29, 0.717) is 24.2 Å². The van der Waals surface area contributed by atoms with E-state index in [4.69, 9.17) is 4.74 Å². The van der Waals surface area contributed by atoms with Crippen molar-refractivity contribution in [2.75, 3.05) is 25.5 Å². The first kappa shape index (κ1) is 18.5. The predicted octanol–water partition coefficient (Wildman–Crippen LogP) is 3.46. The molecule has 1 heterocycles. The van der Waals surface area contributed by atoms with Crippen LogP contribution in [0.15, 0.2) is 24.3 Å². The van der Waals surface area contributed by atoms with Gasteiger partial charge in [-0.15, -0.1) is 0 Å². The molecule has 2 rings (SSSR count). The van der Waals surface area contributed by atoms with Gasteiger partial charge in [0, 0.05) is 37.9 Å². The number of nitrogens with zero attached hydrogens (tertiary/aromatic N) is 1. The van der Waals surface area contributed by atoms with E-state index in [2.05, 4.69) is 12.2 Å². The number of unbranched alkanes of at least 4 members (excludes halogenated alkanes) is 1. The number of hydrogen-bond acceptors (Lipinski definition) is 3. The maximum Gasteiger partial charge on any atom is 0.253 e. The summed E-state index contributed by atoms with van der Waals surface area (Å²) in [5.41, 5.74) is 1.26. The van der Waals surface area contributed by atoms with E-state index in [-0.39, 0.29) is 17.9 Å². The molecule has 0 aliphatic carbocycles. The fourth-order valence-electron chi connectivity index (χ4n) is 2.85. The molecule has 1 aliphatic rings. The molecule has 0 bridgehead atoms. The largest absolute Gasteiger partial charge is 0.376 e. The highest BCUT2D eigenvalue weighted by atomic mass is 16.5. The van der Waals surface area contributed by atoms with Crippen molar-refractivity contribution in [3.05, 3.63) is 29.8 Å². The van der Waals surface area contributed by atoms with Gasteiger partial charge in [0.1, 0.15) is 0 Å². The molecule has 2 amide bonds. The number of benzene rings is 1. The zero-order valence-corrected chi connectivity index (χ0v) is 14.7. The van der Waals surface area contributed by atoms with Crippen molar-refractivity contribution in [2.24, 2.45) is 0 Å². The Balaban J connectivity index is 1.93. The molecule has 0 aromatic heterocycles. The Kier molecular flexibility index (Phi) is 7.25. The number of amides is 2. The van der Waals surface area contributed by atoms with Crippen LogP contribution in [0, 0.1) is 0 Å². The SMILES string of the molecule is CCCCC(=O)Nc1cccc(C(=O)N(C)CC2CCCCO2)c1. The monoisotopic (exact) mass is 332 g/mol. The summed E-state index contributed by atoms with van der Waals surface area (Å²) in [5.74, 6) is -0.0563. The van der Waals surface area contributed by atoms with E-state index >= 15 is 0 Å². The van der Waals surface area contributed by atoms with Crippen LogP contribution in [-0.4, -0.2) is 43.0 Å². The summed E-state index contributed by atoms with van der Waals surface area (Å²) in [6, 6.07) is 7.13. The minimum atomic E-state index is -0.0474. The van der Waals surface area contributed by atoms with Crippen LogP contribution in [0.4, 0.5) is 5.69 Å². The van der Waals surface area contributed by atoms with E-state index in [1.165, 1.54) is 0 Å². The number of anilines is 1. The van der Waals surface area contributed by atoms with Crippen molar-refractivity contribution in [1.29, 1.82) is 0 Å². The molecule has 1 atom stereocenters. The van der Waals surface area contributed by atoms with Crippen molar-refractivity contribution in [3.8, 4) is 0 Å². The predicted molar refractivity (Wildman–Crippen MR) is 95.1 cm³/mol. The third kappa shape index (κ3) is 5.64. The standard InChI is InChI=1S/C19H28N2O3/c1-3-4-11-18(22)20-16-9-7-8-15(13-16)19(23)21(2)14-17-10-5-6-12-24-17/h7-9,13,17H,3-6,10-12,14H2,1-2H3,(H,20,22). The summed E-state index contributed by atoms with van der Waals surface area (Å²) in [4.78, 5) is 26.1. The lowest BCUT2D eigenvalue weighted by Gasteiger charge is -2.27. The van der Waals surface area contributed by atoms with Crippen LogP contribution in [0.5, 0.6) is 0 Å². The van der Waals surface area contributed by atoms with E-state index in [9.17, 15) is 9.59 Å². The van der Waals surface area contributed by atoms with Crippen LogP contribution < -0.4 is 5.32 Å². The van der Waals surface area contributed by atoms with E-state index in [0.717, 1.165) is 38.7 Å². The van der Waals surface area contributed by atoms with Crippen molar-refractivity contribution in [2.45, 2.75) is 51.6 Å². The number of likely N-dealkylation sites (N-methyl/N-ethyl adjacent to an activating group) is 1. The van der Waals surface area contributed by atoms with E-state index < -0.39 is 0 Å². The highest BCUT2D eigenvalue weighted by Gasteiger charge is 2.20. The molecule has 1 N–H and O–H groups in total. The quantitative estimate of drug-likeness (QED) is 0.832. The summed E-state index contributed by atoms with van der Waals surface area (Å²) < 4.78 is 5.70. The van der Waals surface area contributed by atoms with Gasteiger partial charge in [0.15, 0.2) is 0 Å². The molecule has 1 unspecified atom stereocenters. The van der Waals surface area contributed by atoms with Gasteiger partial charge in [-0.25, -0.2) is 0 Å². The molecule has 0 spiro atoms. The number of rotatable bonds is 7. The lowest BCUT2D eigenvalue weighted by atomic mass is 10.1. The molecule has 5 heteroatoms. The van der Waals surface area contributed by atoms with Gasteiger partial charge >= 0.3 is 0 Å². The van der Waals surface area contributed by atoms with Gasteiger partial charge in [-0.05, 0) is 43.9 Å². The second kappa shape index (κ2) is 9.42. The molecule has 24 heavy (non-hydrogen) atoms. The number of carbonyl (C=O) groups excluding carboxylic acids is 2. The number of nitrogens with one attached hydrogen (secondary N) is 1. The van der Waals surface area contributed by atoms with Gasteiger partial charge in [0.05, 0.1) is 6.10 Å². The van der Waals surface area contributed by atoms with Gasteiger partial charge in [-0.3, -0.25) is 9.59 Å². The van der Waals surface area contributed by atoms with Gasteiger partial charge in [0.2, 0.25) is 5.91 Å². The first-order chi connectivity index (χ1) is 11.6. The van der Waals surface area contributed by atoms with E-state index in [1.807, 2.05) is 6.07 Å². The molecule has 132 valence electrons. The van der Waals surface area contributed by atoms with E-state index in [1.54, 1.807) is 30.1 Å². The Labute approximate surface area is 144 Å². The molecule has 0 saturated carbocycles. The molecule has 1 aromatic carbocycles. The molecular formula is C19H28N2O3. The zero-order valence-electron chi connectivity index (χ0n) is 14.7. The van der Waals surface area contributed by atoms with Crippen LogP contribution in [0.3, 0.4) is 0 Å². The van der Waals surface area contributed by atoms with Crippen LogP contribution in [-0.2, 0) is 9.53 Å². The minimum Gasteiger partial charge on any atom is -0.376 e. The molecular weight excluding hydrogens is 304 g/mol. The number of hydrogen-bond donors (Lipinski definition) is 1. The highest BCUT2D eigenvalue weighted by Crippen LogP contribution is 2.16. The summed E-state index contributed by atoms with van der Waals surface area (Å²) in [6.45, 7) is 3.44. The Morgan fingerprint density at radius 1 is 1.33 bits per heavy atom. The Hall–Kier alpha value is -1.88. The first-order valence-electron chi connectivity index (χ1n) is 8.87. The normalized spacial score (nSPS) is 17.3. The molecule has 1 saturated heterocycles. The second-order valence-corrected chi connectivity index (χ2v) is 6.41.